The van der Waals surface area contributed by atoms with Gasteiger partial charge in [0, 0.05) is 35.7 Å². The second kappa shape index (κ2) is 8.98. The highest BCUT2D eigenvalue weighted by Gasteiger charge is 2.33. The smallest absolute Gasteiger partial charge is 0.163 e. The second-order valence-electron chi connectivity index (χ2n) is 5.37. The summed E-state index contributed by atoms with van der Waals surface area (Å²) in [6, 6.07) is 0. The van der Waals surface area contributed by atoms with Crippen molar-refractivity contribution in [2.24, 2.45) is 11.8 Å². The summed E-state index contributed by atoms with van der Waals surface area (Å²) < 4.78 is 17.9. The minimum absolute atomic E-state index is 0.0766. The maximum Gasteiger partial charge on any atom is 0.163 e. The van der Waals surface area contributed by atoms with Crippen molar-refractivity contribution >= 4 is 31.9 Å². The molecule has 19 heavy (non-hydrogen) atoms. The summed E-state index contributed by atoms with van der Waals surface area (Å²) in [5, 5.41) is 2.02. The molecule has 0 aromatic rings. The zero-order valence-electron chi connectivity index (χ0n) is 11.4. The van der Waals surface area contributed by atoms with E-state index in [2.05, 4.69) is 31.9 Å². The van der Waals surface area contributed by atoms with Gasteiger partial charge in [0.05, 0.1) is 0 Å². The Kier molecular flexibility index (Phi) is 7.66. The van der Waals surface area contributed by atoms with Crippen LogP contribution in [0.2, 0.25) is 0 Å². The van der Waals surface area contributed by atoms with E-state index in [1.807, 2.05) is 0 Å². The molecule has 0 spiro atoms. The molecule has 0 N–H and O–H groups in total. The molecule has 0 saturated carbocycles. The van der Waals surface area contributed by atoms with Gasteiger partial charge in [-0.25, -0.2) is 0 Å². The van der Waals surface area contributed by atoms with Crippen LogP contribution in [-0.4, -0.2) is 36.5 Å². The van der Waals surface area contributed by atoms with E-state index < -0.39 is 0 Å². The lowest BCUT2D eigenvalue weighted by Crippen LogP contribution is -2.41. The summed E-state index contributed by atoms with van der Waals surface area (Å²) in [5.41, 5.74) is 0. The summed E-state index contributed by atoms with van der Waals surface area (Å²) in [7, 11) is 0. The molecule has 112 valence electrons. The van der Waals surface area contributed by atoms with E-state index in [0.717, 1.165) is 49.6 Å². The molecule has 0 aliphatic carbocycles. The summed E-state index contributed by atoms with van der Waals surface area (Å²) in [6.45, 7) is 1.64. The van der Waals surface area contributed by atoms with E-state index in [0.29, 0.717) is 11.8 Å². The molecule has 0 amide bonds. The van der Waals surface area contributed by atoms with Crippen molar-refractivity contribution in [1.29, 1.82) is 0 Å². The molecule has 2 rings (SSSR count). The van der Waals surface area contributed by atoms with Crippen molar-refractivity contribution in [3.63, 3.8) is 0 Å². The van der Waals surface area contributed by atoms with E-state index >= 15 is 0 Å². The average molecular weight is 400 g/mol. The fourth-order valence-corrected chi connectivity index (χ4v) is 4.08. The third kappa shape index (κ3) is 4.95. The summed E-state index contributed by atoms with van der Waals surface area (Å²) >= 11 is 7.05. The van der Waals surface area contributed by atoms with Gasteiger partial charge in [-0.1, -0.05) is 31.9 Å². The van der Waals surface area contributed by atoms with Gasteiger partial charge in [0.1, 0.15) is 0 Å². The fraction of sp³-hybridized carbons (Fsp3) is 1.00. The Morgan fingerprint density at radius 3 is 1.74 bits per heavy atom. The van der Waals surface area contributed by atoms with Gasteiger partial charge >= 0.3 is 0 Å². The van der Waals surface area contributed by atoms with Crippen molar-refractivity contribution in [1.82, 2.24) is 0 Å². The first kappa shape index (κ1) is 16.2. The maximum atomic E-state index is 6.18. The largest absolute Gasteiger partial charge is 0.352 e. The lowest BCUT2D eigenvalue weighted by atomic mass is 9.96. The first-order valence-electron chi connectivity index (χ1n) is 7.35. The molecule has 3 nitrogen and oxygen atoms in total. The molecule has 2 fully saturated rings. The molecule has 0 aromatic carbocycles. The topological polar surface area (TPSA) is 27.7 Å². The van der Waals surface area contributed by atoms with Crippen molar-refractivity contribution < 1.29 is 14.2 Å². The molecule has 0 bridgehead atoms. The van der Waals surface area contributed by atoms with Crippen LogP contribution in [0.1, 0.15) is 38.5 Å². The number of rotatable bonds is 6. The Labute approximate surface area is 133 Å². The van der Waals surface area contributed by atoms with Crippen LogP contribution in [0.4, 0.5) is 0 Å². The normalized spacial score (nSPS) is 36.3. The van der Waals surface area contributed by atoms with Crippen LogP contribution in [0.3, 0.4) is 0 Å². The third-order valence-electron chi connectivity index (χ3n) is 4.00. The van der Waals surface area contributed by atoms with Crippen LogP contribution < -0.4 is 0 Å². The lowest BCUT2D eigenvalue weighted by Gasteiger charge is -2.38. The zero-order chi connectivity index (χ0) is 13.5. The van der Waals surface area contributed by atoms with Gasteiger partial charge in [0.15, 0.2) is 12.6 Å². The monoisotopic (exact) mass is 398 g/mol. The van der Waals surface area contributed by atoms with Crippen molar-refractivity contribution in [2.45, 2.75) is 51.1 Å². The standard InChI is InChI=1S/C14H24Br2O3/c15-7-5-11-3-1-9-17-13(11)19-14-12(6-8-16)4-2-10-18-14/h11-14H,1-10H2. The van der Waals surface area contributed by atoms with E-state index in [1.165, 1.54) is 12.8 Å². The van der Waals surface area contributed by atoms with E-state index in [-0.39, 0.29) is 12.6 Å². The van der Waals surface area contributed by atoms with Crippen molar-refractivity contribution in [3.05, 3.63) is 0 Å². The van der Waals surface area contributed by atoms with Crippen LogP contribution in [0.5, 0.6) is 0 Å². The molecule has 0 aromatic heterocycles. The summed E-state index contributed by atoms with van der Waals surface area (Å²) in [4.78, 5) is 0. The minimum Gasteiger partial charge on any atom is -0.352 e. The number of halogens is 2. The average Bonchev–Trinajstić information content (AvgIpc) is 2.44. The predicted molar refractivity (Wildman–Crippen MR) is 82.8 cm³/mol. The first-order valence-corrected chi connectivity index (χ1v) is 9.60. The molecule has 4 unspecified atom stereocenters. The van der Waals surface area contributed by atoms with Gasteiger partial charge in [-0.05, 0) is 38.5 Å². The van der Waals surface area contributed by atoms with Crippen molar-refractivity contribution in [3.8, 4) is 0 Å². The van der Waals surface area contributed by atoms with Gasteiger partial charge < -0.3 is 14.2 Å². The van der Waals surface area contributed by atoms with Crippen LogP contribution in [0.25, 0.3) is 0 Å². The maximum absolute atomic E-state index is 6.18. The molecule has 2 saturated heterocycles. The molecule has 4 atom stereocenters. The molecular weight excluding hydrogens is 376 g/mol. The highest BCUT2D eigenvalue weighted by Crippen LogP contribution is 2.31. The summed E-state index contributed by atoms with van der Waals surface area (Å²) in [6.07, 6.45) is 6.76. The lowest BCUT2D eigenvalue weighted by molar-refractivity contribution is -0.296. The van der Waals surface area contributed by atoms with Crippen LogP contribution in [0, 0.1) is 11.8 Å². The molecular formula is C14H24Br2O3. The molecule has 5 heteroatoms. The fourth-order valence-electron chi connectivity index (χ4n) is 2.91. The Morgan fingerprint density at radius 1 is 0.842 bits per heavy atom. The number of hydrogen-bond acceptors (Lipinski definition) is 3. The van der Waals surface area contributed by atoms with E-state index in [4.69, 9.17) is 14.2 Å². The van der Waals surface area contributed by atoms with Gasteiger partial charge in [-0.15, -0.1) is 0 Å². The Morgan fingerprint density at radius 2 is 1.32 bits per heavy atom. The molecule has 2 aliphatic heterocycles. The minimum atomic E-state index is -0.0766. The van der Waals surface area contributed by atoms with Gasteiger partial charge in [-0.2, -0.15) is 0 Å². The van der Waals surface area contributed by atoms with Gasteiger partial charge in [0.25, 0.3) is 0 Å². The molecule has 2 heterocycles. The Bertz CT molecular complexity index is 225. The molecule has 2 aliphatic rings. The van der Waals surface area contributed by atoms with E-state index in [1.54, 1.807) is 0 Å². The van der Waals surface area contributed by atoms with Crippen LogP contribution >= 0.6 is 31.9 Å². The van der Waals surface area contributed by atoms with Gasteiger partial charge in [0.2, 0.25) is 0 Å². The third-order valence-corrected chi connectivity index (χ3v) is 4.92. The number of hydrogen-bond donors (Lipinski definition) is 0. The second-order valence-corrected chi connectivity index (χ2v) is 6.96. The van der Waals surface area contributed by atoms with Gasteiger partial charge in [-0.3, -0.25) is 0 Å². The zero-order valence-corrected chi connectivity index (χ0v) is 14.5. The number of ether oxygens (including phenoxy) is 3. The SMILES string of the molecule is BrCCC1CCCOC1OC1OCCCC1CCBr. The quantitative estimate of drug-likeness (QED) is 0.630. The number of alkyl halides is 2. The van der Waals surface area contributed by atoms with Crippen molar-refractivity contribution in [2.75, 3.05) is 23.9 Å². The Hall–Kier alpha value is 0.840. The highest BCUT2D eigenvalue weighted by molar-refractivity contribution is 9.09. The first-order chi connectivity index (χ1) is 9.35. The molecule has 0 radical (unpaired) electrons. The van der Waals surface area contributed by atoms with Crippen LogP contribution in [-0.2, 0) is 14.2 Å². The van der Waals surface area contributed by atoms with Crippen LogP contribution in [0.15, 0.2) is 0 Å². The summed E-state index contributed by atoms with van der Waals surface area (Å²) in [5.74, 6) is 1.01. The Balaban J connectivity index is 1.88. The van der Waals surface area contributed by atoms with E-state index in [9.17, 15) is 0 Å². The predicted octanol–water partition coefficient (Wildman–Crippen LogP) is 4.08. The highest BCUT2D eigenvalue weighted by atomic mass is 79.9.